The van der Waals surface area contributed by atoms with Crippen LogP contribution in [0.2, 0.25) is 0 Å². The van der Waals surface area contributed by atoms with Gasteiger partial charge in [0.1, 0.15) is 0 Å². The van der Waals surface area contributed by atoms with Gasteiger partial charge in [0.15, 0.2) is 0 Å². The summed E-state index contributed by atoms with van der Waals surface area (Å²) in [7, 11) is 4.32. The van der Waals surface area contributed by atoms with Crippen molar-refractivity contribution in [2.45, 2.75) is 38.8 Å². The maximum atomic E-state index is 6.14. The Kier molecular flexibility index (Phi) is 5.19. The maximum absolute atomic E-state index is 6.14. The zero-order valence-electron chi connectivity index (χ0n) is 13.4. The zero-order valence-corrected chi connectivity index (χ0v) is 13.4. The van der Waals surface area contributed by atoms with Gasteiger partial charge >= 0.3 is 0 Å². The summed E-state index contributed by atoms with van der Waals surface area (Å²) in [5.74, 6) is 0. The number of rotatable bonds is 5. The van der Waals surface area contributed by atoms with Crippen LogP contribution in [0.1, 0.15) is 35.6 Å². The van der Waals surface area contributed by atoms with E-state index in [4.69, 9.17) is 5.73 Å². The number of likely N-dealkylation sites (N-methyl/N-ethyl adjacent to an activating group) is 1. The van der Waals surface area contributed by atoms with Gasteiger partial charge in [-0.15, -0.1) is 0 Å². The Morgan fingerprint density at radius 2 is 2.10 bits per heavy atom. The average Bonchev–Trinajstić information content (AvgIpc) is 2.83. The summed E-state index contributed by atoms with van der Waals surface area (Å²) in [5.41, 5.74) is 10.3. The van der Waals surface area contributed by atoms with Crippen LogP contribution in [-0.4, -0.2) is 49.6 Å². The molecule has 2 rings (SSSR count). The number of nitrogens with zero attached hydrogens (tertiary/aromatic N) is 2. The first-order chi connectivity index (χ1) is 9.54. The fraction of sp³-hybridized carbons (Fsp3) is 0.647. The number of hydrogen-bond acceptors (Lipinski definition) is 3. The van der Waals surface area contributed by atoms with Gasteiger partial charge < -0.3 is 10.6 Å². The minimum absolute atomic E-state index is 0.363. The van der Waals surface area contributed by atoms with E-state index in [-0.39, 0.29) is 0 Å². The molecule has 0 radical (unpaired) electrons. The lowest BCUT2D eigenvalue weighted by molar-refractivity contribution is 0.155. The van der Waals surface area contributed by atoms with Crippen molar-refractivity contribution >= 4 is 0 Å². The summed E-state index contributed by atoms with van der Waals surface area (Å²) in [6.07, 6.45) is 2.58. The summed E-state index contributed by atoms with van der Waals surface area (Å²) in [5, 5.41) is 0. The quantitative estimate of drug-likeness (QED) is 0.895. The molecule has 1 heterocycles. The number of nitrogens with two attached hydrogens (primary N) is 1. The van der Waals surface area contributed by atoms with Crippen LogP contribution in [-0.2, 0) is 0 Å². The average molecular weight is 275 g/mol. The Balaban J connectivity index is 2.25. The summed E-state index contributed by atoms with van der Waals surface area (Å²) in [6.45, 7) is 7.42. The molecular formula is C17H29N3. The largest absolute Gasteiger partial charge is 0.329 e. The van der Waals surface area contributed by atoms with Gasteiger partial charge in [0.2, 0.25) is 0 Å². The molecule has 0 aromatic heterocycles. The maximum Gasteiger partial charge on any atom is 0.0476 e. The molecule has 0 spiro atoms. The van der Waals surface area contributed by atoms with E-state index in [1.54, 1.807) is 0 Å². The summed E-state index contributed by atoms with van der Waals surface area (Å²) >= 11 is 0. The SMILES string of the molecule is Cc1cccc(C(CN)N2CCCC2CN(C)C)c1C. The zero-order chi connectivity index (χ0) is 14.7. The van der Waals surface area contributed by atoms with Crippen LogP contribution < -0.4 is 5.73 Å². The third-order valence-electron chi connectivity index (χ3n) is 4.63. The molecule has 1 aliphatic heterocycles. The number of aryl methyl sites for hydroxylation is 1. The van der Waals surface area contributed by atoms with Crippen molar-refractivity contribution in [3.05, 3.63) is 34.9 Å². The Hall–Kier alpha value is -0.900. The lowest BCUT2D eigenvalue weighted by Gasteiger charge is -2.35. The van der Waals surface area contributed by atoms with Crippen LogP contribution >= 0.6 is 0 Å². The highest BCUT2D eigenvalue weighted by Crippen LogP contribution is 2.31. The van der Waals surface area contributed by atoms with Gasteiger partial charge in [-0.3, -0.25) is 4.90 Å². The first-order valence-corrected chi connectivity index (χ1v) is 7.71. The fourth-order valence-electron chi connectivity index (χ4n) is 3.46. The normalized spacial score (nSPS) is 21.6. The Morgan fingerprint density at radius 3 is 2.75 bits per heavy atom. The van der Waals surface area contributed by atoms with Crippen LogP contribution in [0.5, 0.6) is 0 Å². The lowest BCUT2D eigenvalue weighted by atomic mass is 9.96. The predicted octanol–water partition coefficient (Wildman–Crippen LogP) is 2.33. The van der Waals surface area contributed by atoms with E-state index in [0.717, 1.165) is 6.54 Å². The monoisotopic (exact) mass is 275 g/mol. The Labute approximate surface area is 123 Å². The minimum Gasteiger partial charge on any atom is -0.329 e. The van der Waals surface area contributed by atoms with E-state index in [9.17, 15) is 0 Å². The fourth-order valence-corrected chi connectivity index (χ4v) is 3.46. The molecule has 2 N–H and O–H groups in total. The Morgan fingerprint density at radius 1 is 1.35 bits per heavy atom. The van der Waals surface area contributed by atoms with Crippen LogP contribution in [0, 0.1) is 13.8 Å². The standard InChI is InChI=1S/C17H29N3/c1-13-7-5-9-16(14(13)2)17(11-18)20-10-6-8-15(20)12-19(3)4/h5,7,9,15,17H,6,8,10-12,18H2,1-4H3. The molecular weight excluding hydrogens is 246 g/mol. The molecule has 1 fully saturated rings. The van der Waals surface area contributed by atoms with E-state index >= 15 is 0 Å². The molecule has 1 aromatic rings. The number of hydrogen-bond donors (Lipinski definition) is 1. The molecule has 112 valence electrons. The van der Waals surface area contributed by atoms with Crippen molar-refractivity contribution in [2.24, 2.45) is 5.73 Å². The third kappa shape index (κ3) is 3.22. The summed E-state index contributed by atoms with van der Waals surface area (Å²) in [6, 6.07) is 7.61. The van der Waals surface area contributed by atoms with Crippen LogP contribution in [0.15, 0.2) is 18.2 Å². The highest BCUT2D eigenvalue weighted by Gasteiger charge is 2.31. The molecule has 3 nitrogen and oxygen atoms in total. The van der Waals surface area contributed by atoms with Gasteiger partial charge in [0, 0.05) is 25.2 Å². The summed E-state index contributed by atoms with van der Waals surface area (Å²) in [4.78, 5) is 4.92. The van der Waals surface area contributed by atoms with Crippen molar-refractivity contribution in [3.8, 4) is 0 Å². The van der Waals surface area contributed by atoms with E-state index in [1.807, 2.05) is 0 Å². The molecule has 0 amide bonds. The van der Waals surface area contributed by atoms with Crippen molar-refractivity contribution in [2.75, 3.05) is 33.7 Å². The molecule has 0 bridgehead atoms. The van der Waals surface area contributed by atoms with Gasteiger partial charge in [0.05, 0.1) is 0 Å². The van der Waals surface area contributed by atoms with E-state index in [2.05, 4.69) is 55.9 Å². The topological polar surface area (TPSA) is 32.5 Å². The van der Waals surface area contributed by atoms with Crippen molar-refractivity contribution < 1.29 is 0 Å². The molecule has 1 aliphatic rings. The first kappa shape index (κ1) is 15.5. The second kappa shape index (κ2) is 6.70. The van der Waals surface area contributed by atoms with Crippen molar-refractivity contribution in [1.82, 2.24) is 9.80 Å². The predicted molar refractivity (Wildman–Crippen MR) is 86.0 cm³/mol. The molecule has 1 saturated heterocycles. The van der Waals surface area contributed by atoms with Gasteiger partial charge in [-0.1, -0.05) is 18.2 Å². The van der Waals surface area contributed by atoms with Gasteiger partial charge in [-0.05, 0) is 64.0 Å². The molecule has 2 unspecified atom stereocenters. The first-order valence-electron chi connectivity index (χ1n) is 7.71. The third-order valence-corrected chi connectivity index (χ3v) is 4.63. The van der Waals surface area contributed by atoms with Crippen LogP contribution in [0.25, 0.3) is 0 Å². The highest BCUT2D eigenvalue weighted by atomic mass is 15.2. The Bertz CT molecular complexity index is 442. The molecule has 0 aliphatic carbocycles. The lowest BCUT2D eigenvalue weighted by Crippen LogP contribution is -2.42. The molecule has 0 saturated carbocycles. The highest BCUT2D eigenvalue weighted by molar-refractivity contribution is 5.35. The van der Waals surface area contributed by atoms with Gasteiger partial charge in [-0.2, -0.15) is 0 Å². The number of benzene rings is 1. The smallest absolute Gasteiger partial charge is 0.0476 e. The van der Waals surface area contributed by atoms with E-state index < -0.39 is 0 Å². The molecule has 1 aromatic carbocycles. The van der Waals surface area contributed by atoms with Gasteiger partial charge in [-0.25, -0.2) is 0 Å². The van der Waals surface area contributed by atoms with E-state index in [0.29, 0.717) is 18.6 Å². The molecule has 2 atom stereocenters. The minimum atomic E-state index is 0.363. The van der Waals surface area contributed by atoms with Crippen molar-refractivity contribution in [1.29, 1.82) is 0 Å². The summed E-state index contributed by atoms with van der Waals surface area (Å²) < 4.78 is 0. The second-order valence-electron chi connectivity index (χ2n) is 6.34. The molecule has 20 heavy (non-hydrogen) atoms. The van der Waals surface area contributed by atoms with Crippen LogP contribution in [0.3, 0.4) is 0 Å². The number of likely N-dealkylation sites (tertiary alicyclic amines) is 1. The second-order valence-corrected chi connectivity index (χ2v) is 6.34. The van der Waals surface area contributed by atoms with E-state index in [1.165, 1.54) is 36.1 Å². The van der Waals surface area contributed by atoms with Gasteiger partial charge in [0.25, 0.3) is 0 Å². The van der Waals surface area contributed by atoms with Crippen molar-refractivity contribution in [3.63, 3.8) is 0 Å². The van der Waals surface area contributed by atoms with Crippen LogP contribution in [0.4, 0.5) is 0 Å². The molecule has 3 heteroatoms.